The maximum Gasteiger partial charge on any atom is 0.326 e. The average Bonchev–Trinajstić information content (AvgIpc) is 3.42. The highest BCUT2D eigenvalue weighted by Crippen LogP contribution is 2.28. The van der Waals surface area contributed by atoms with E-state index in [1.807, 2.05) is 72.8 Å². The van der Waals surface area contributed by atoms with Gasteiger partial charge in [-0.2, -0.15) is 0 Å². The van der Waals surface area contributed by atoms with Crippen LogP contribution >= 0.6 is 11.3 Å². The second-order valence-electron chi connectivity index (χ2n) is 7.85. The first kappa shape index (κ1) is 20.9. The molecule has 0 aliphatic carbocycles. The van der Waals surface area contributed by atoms with E-state index in [0.717, 1.165) is 37.8 Å². The summed E-state index contributed by atoms with van der Waals surface area (Å²) in [6, 6.07) is 22.8. The quantitative estimate of drug-likeness (QED) is 0.329. The number of para-hydroxylation sites is 1. The van der Waals surface area contributed by atoms with E-state index in [2.05, 4.69) is 15.3 Å². The summed E-state index contributed by atoms with van der Waals surface area (Å²) >= 11 is 1.45. The molecule has 1 atom stereocenters. The molecule has 33 heavy (non-hydrogen) atoms. The number of thiazole rings is 1. The molecule has 5 rings (SSSR count). The predicted molar refractivity (Wildman–Crippen MR) is 130 cm³/mol. The fourth-order valence-corrected chi connectivity index (χ4v) is 4.91. The zero-order valence-electron chi connectivity index (χ0n) is 17.6. The number of fused-ring (bicyclic) bond motifs is 2. The van der Waals surface area contributed by atoms with Gasteiger partial charge in [0.15, 0.2) is 0 Å². The summed E-state index contributed by atoms with van der Waals surface area (Å²) in [5.41, 5.74) is 4.79. The lowest BCUT2D eigenvalue weighted by Gasteiger charge is -2.13. The summed E-state index contributed by atoms with van der Waals surface area (Å²) in [5, 5.41) is 14.0. The number of H-pyrrole nitrogens is 1. The number of aromatic nitrogens is 2. The van der Waals surface area contributed by atoms with Crippen molar-refractivity contribution >= 4 is 44.3 Å². The number of benzene rings is 3. The lowest BCUT2D eigenvalue weighted by atomic mass is 10.0. The van der Waals surface area contributed by atoms with Crippen LogP contribution in [0.2, 0.25) is 0 Å². The van der Waals surface area contributed by atoms with Crippen LogP contribution in [0.25, 0.3) is 32.2 Å². The lowest BCUT2D eigenvalue weighted by Crippen LogP contribution is -2.43. The second-order valence-corrected chi connectivity index (χ2v) is 8.97. The number of aliphatic carboxylic acids is 1. The van der Waals surface area contributed by atoms with Crippen LogP contribution in [0.4, 0.5) is 0 Å². The normalized spacial score (nSPS) is 12.1. The number of carboxylic acid groups (broad SMARTS) is 1. The van der Waals surface area contributed by atoms with Gasteiger partial charge in [0.25, 0.3) is 0 Å². The van der Waals surface area contributed by atoms with Crippen molar-refractivity contribution in [3.05, 3.63) is 89.6 Å². The van der Waals surface area contributed by atoms with Crippen LogP contribution in [0.15, 0.2) is 79.0 Å². The molecule has 0 bridgehead atoms. The molecule has 5 aromatic rings. The van der Waals surface area contributed by atoms with Crippen LogP contribution in [0.1, 0.15) is 10.6 Å². The van der Waals surface area contributed by atoms with Gasteiger partial charge in [0.05, 0.1) is 16.6 Å². The highest BCUT2D eigenvalue weighted by atomic mass is 32.1. The molecule has 3 aromatic carbocycles. The highest BCUT2D eigenvalue weighted by molar-refractivity contribution is 7.18. The predicted octanol–water partition coefficient (Wildman–Crippen LogP) is 4.80. The minimum Gasteiger partial charge on any atom is -0.480 e. The molecule has 164 valence electrons. The Morgan fingerprint density at radius 2 is 1.79 bits per heavy atom. The van der Waals surface area contributed by atoms with Gasteiger partial charge >= 0.3 is 5.97 Å². The minimum absolute atomic E-state index is 0.0394. The first-order valence-corrected chi connectivity index (χ1v) is 11.4. The largest absolute Gasteiger partial charge is 0.480 e. The molecule has 2 aromatic heterocycles. The van der Waals surface area contributed by atoms with E-state index in [0.29, 0.717) is 5.01 Å². The van der Waals surface area contributed by atoms with Gasteiger partial charge in [0.1, 0.15) is 11.0 Å². The van der Waals surface area contributed by atoms with E-state index in [4.69, 9.17) is 0 Å². The minimum atomic E-state index is -1.06. The molecule has 0 spiro atoms. The molecule has 1 amide bonds. The average molecular weight is 456 g/mol. The number of amides is 1. The number of hydrogen-bond acceptors (Lipinski definition) is 4. The molecule has 0 fully saturated rings. The first-order valence-electron chi connectivity index (χ1n) is 10.6. The van der Waals surface area contributed by atoms with Crippen molar-refractivity contribution < 1.29 is 14.7 Å². The number of hydrogen-bond donors (Lipinski definition) is 3. The molecule has 6 nitrogen and oxygen atoms in total. The Morgan fingerprint density at radius 1 is 1.00 bits per heavy atom. The summed E-state index contributed by atoms with van der Waals surface area (Å²) in [5.74, 6) is -1.42. The highest BCUT2D eigenvalue weighted by Gasteiger charge is 2.22. The molecule has 0 radical (unpaired) electrons. The fourth-order valence-electron chi connectivity index (χ4n) is 3.96. The van der Waals surface area contributed by atoms with Gasteiger partial charge < -0.3 is 15.4 Å². The first-order chi connectivity index (χ1) is 16.1. The number of nitrogens with zero attached hydrogens (tertiary/aromatic N) is 1. The number of carbonyl (C=O) groups is 2. The Kier molecular flexibility index (Phi) is 5.62. The Balaban J connectivity index is 1.30. The Hall–Kier alpha value is -3.97. The van der Waals surface area contributed by atoms with E-state index in [-0.39, 0.29) is 18.7 Å². The number of rotatable bonds is 7. The van der Waals surface area contributed by atoms with Gasteiger partial charge in [-0.15, -0.1) is 11.3 Å². The topological polar surface area (TPSA) is 95.1 Å². The zero-order valence-corrected chi connectivity index (χ0v) is 18.4. The van der Waals surface area contributed by atoms with Crippen molar-refractivity contribution in [3.63, 3.8) is 0 Å². The van der Waals surface area contributed by atoms with Crippen LogP contribution in [0.5, 0.6) is 0 Å². The number of carbonyl (C=O) groups excluding carboxylic acids is 1. The van der Waals surface area contributed by atoms with Gasteiger partial charge in [-0.05, 0) is 34.9 Å². The van der Waals surface area contributed by atoms with Gasteiger partial charge in [-0.1, -0.05) is 54.6 Å². The monoisotopic (exact) mass is 455 g/mol. The van der Waals surface area contributed by atoms with Gasteiger partial charge in [0, 0.05) is 23.5 Å². The lowest BCUT2D eigenvalue weighted by molar-refractivity contribution is -0.141. The summed E-state index contributed by atoms with van der Waals surface area (Å²) in [4.78, 5) is 32.2. The van der Waals surface area contributed by atoms with E-state index >= 15 is 0 Å². The van der Waals surface area contributed by atoms with Crippen molar-refractivity contribution in [2.75, 3.05) is 0 Å². The molecule has 0 aliphatic heterocycles. The summed E-state index contributed by atoms with van der Waals surface area (Å²) in [6.07, 6.45) is 2.04. The van der Waals surface area contributed by atoms with Crippen molar-refractivity contribution in [2.24, 2.45) is 0 Å². The molecule has 0 saturated heterocycles. The molecular formula is C26H21N3O3S. The number of aromatic amines is 1. The third-order valence-electron chi connectivity index (χ3n) is 5.58. The molecule has 0 aliphatic rings. The van der Waals surface area contributed by atoms with Gasteiger partial charge in [0.2, 0.25) is 5.91 Å². The maximum absolute atomic E-state index is 12.7. The van der Waals surface area contributed by atoms with Crippen molar-refractivity contribution in [2.45, 2.75) is 18.9 Å². The Labute approximate surface area is 193 Å². The fraction of sp³-hybridized carbons (Fsp3) is 0.115. The van der Waals surface area contributed by atoms with Crippen LogP contribution in [0, 0.1) is 0 Å². The Bertz CT molecular complexity index is 1460. The van der Waals surface area contributed by atoms with Crippen LogP contribution in [0.3, 0.4) is 0 Å². The smallest absolute Gasteiger partial charge is 0.326 e. The number of carboxylic acids is 1. The van der Waals surface area contributed by atoms with Crippen molar-refractivity contribution in [1.29, 1.82) is 0 Å². The molecule has 3 N–H and O–H groups in total. The molecule has 0 unspecified atom stereocenters. The molecule has 0 saturated carbocycles. The third kappa shape index (κ3) is 4.49. The Morgan fingerprint density at radius 3 is 2.61 bits per heavy atom. The summed E-state index contributed by atoms with van der Waals surface area (Å²) in [6.45, 7) is 0. The van der Waals surface area contributed by atoms with Gasteiger partial charge in [-0.3, -0.25) is 4.79 Å². The maximum atomic E-state index is 12.7. The van der Waals surface area contributed by atoms with E-state index in [1.54, 1.807) is 6.20 Å². The molecule has 2 heterocycles. The second kappa shape index (κ2) is 8.88. The van der Waals surface area contributed by atoms with E-state index in [1.165, 1.54) is 11.3 Å². The van der Waals surface area contributed by atoms with Crippen LogP contribution in [-0.2, 0) is 22.4 Å². The zero-order chi connectivity index (χ0) is 22.8. The summed E-state index contributed by atoms with van der Waals surface area (Å²) < 4.78 is 0.992. The van der Waals surface area contributed by atoms with Crippen LogP contribution < -0.4 is 5.32 Å². The number of nitrogens with one attached hydrogen (secondary N) is 2. The van der Waals surface area contributed by atoms with E-state index < -0.39 is 12.0 Å². The molecule has 7 heteroatoms. The van der Waals surface area contributed by atoms with Crippen molar-refractivity contribution in [3.8, 4) is 11.1 Å². The molecular weight excluding hydrogens is 434 g/mol. The van der Waals surface area contributed by atoms with Crippen LogP contribution in [-0.4, -0.2) is 33.0 Å². The summed E-state index contributed by atoms with van der Waals surface area (Å²) in [7, 11) is 0. The standard InChI is InChI=1S/C26H21N3O3S/c30-24(28-22(26(31)32)13-18-15-27-20-9-5-4-8-19(18)20)14-25-29-21-12-17(10-11-23(21)33-25)16-6-2-1-3-7-16/h1-12,15,22,27H,13-14H2,(H,28,30)(H,31,32)/t22-/m0/s1. The van der Waals surface area contributed by atoms with E-state index in [9.17, 15) is 14.7 Å². The third-order valence-corrected chi connectivity index (χ3v) is 6.62. The van der Waals surface area contributed by atoms with Gasteiger partial charge in [-0.25, -0.2) is 9.78 Å². The van der Waals surface area contributed by atoms with Crippen molar-refractivity contribution in [1.82, 2.24) is 15.3 Å². The SMILES string of the molecule is O=C(Cc1nc2cc(-c3ccccc3)ccc2s1)N[C@@H](Cc1c[nH]c2ccccc12)C(=O)O.